The minimum absolute atomic E-state index is 0.0472. The van der Waals surface area contributed by atoms with Gasteiger partial charge in [0.2, 0.25) is 5.91 Å². The number of hydrogen-bond acceptors (Lipinski definition) is 3. The third kappa shape index (κ3) is 5.14. The van der Waals surface area contributed by atoms with Crippen molar-refractivity contribution in [2.75, 3.05) is 19.8 Å². The number of carbonyl (C=O) groups excluding carboxylic acids is 1. The fourth-order valence-corrected chi connectivity index (χ4v) is 1.76. The predicted molar refractivity (Wildman–Crippen MR) is 74.9 cm³/mol. The molecule has 0 aliphatic rings. The van der Waals surface area contributed by atoms with E-state index in [0.717, 1.165) is 11.3 Å². The van der Waals surface area contributed by atoms with E-state index in [1.807, 2.05) is 31.2 Å². The van der Waals surface area contributed by atoms with Crippen LogP contribution in [0.5, 0.6) is 5.75 Å². The number of carbonyl (C=O) groups is 1. The van der Waals surface area contributed by atoms with Crippen molar-refractivity contribution >= 4 is 5.91 Å². The summed E-state index contributed by atoms with van der Waals surface area (Å²) in [7, 11) is 0. The predicted octanol–water partition coefficient (Wildman–Crippen LogP) is 1.98. The van der Waals surface area contributed by atoms with Crippen molar-refractivity contribution in [3.05, 3.63) is 42.0 Å². The van der Waals surface area contributed by atoms with Gasteiger partial charge in [-0.25, -0.2) is 0 Å². The Labute approximate surface area is 114 Å². The summed E-state index contributed by atoms with van der Waals surface area (Å²) in [5.41, 5.74) is 0.984. The fourth-order valence-electron chi connectivity index (χ4n) is 1.76. The van der Waals surface area contributed by atoms with Crippen LogP contribution in [0.3, 0.4) is 0 Å². The second-order valence-corrected chi connectivity index (χ2v) is 4.06. The molecule has 1 N–H and O–H groups in total. The summed E-state index contributed by atoms with van der Waals surface area (Å²) in [5.74, 6) is 0.695. The van der Waals surface area contributed by atoms with Gasteiger partial charge in [-0.2, -0.15) is 0 Å². The number of ether oxygens (including phenoxy) is 1. The standard InChI is InChI=1S/C15H21NO3/c1-3-6-15(18)16(9-10-17)12-13-7-5-8-14(11-13)19-4-2/h3,5-8,11,17H,4,9-10,12H2,1-2H3. The van der Waals surface area contributed by atoms with Crippen molar-refractivity contribution in [3.63, 3.8) is 0 Å². The second-order valence-electron chi connectivity index (χ2n) is 4.06. The van der Waals surface area contributed by atoms with E-state index in [4.69, 9.17) is 9.84 Å². The molecule has 0 aliphatic heterocycles. The highest BCUT2D eigenvalue weighted by atomic mass is 16.5. The van der Waals surface area contributed by atoms with Crippen LogP contribution in [0.4, 0.5) is 0 Å². The molecule has 1 amide bonds. The molecule has 0 saturated heterocycles. The molecule has 0 heterocycles. The zero-order chi connectivity index (χ0) is 14.1. The van der Waals surface area contributed by atoms with Crippen LogP contribution in [0.25, 0.3) is 0 Å². The summed E-state index contributed by atoms with van der Waals surface area (Å²) in [4.78, 5) is 13.4. The first kappa shape index (κ1) is 15.2. The number of rotatable bonds is 7. The lowest BCUT2D eigenvalue weighted by molar-refractivity contribution is -0.127. The maximum absolute atomic E-state index is 11.8. The molecule has 1 rings (SSSR count). The van der Waals surface area contributed by atoms with Crippen molar-refractivity contribution < 1.29 is 14.6 Å². The van der Waals surface area contributed by atoms with Crippen molar-refractivity contribution in [1.82, 2.24) is 4.90 Å². The van der Waals surface area contributed by atoms with Crippen LogP contribution < -0.4 is 4.74 Å². The highest BCUT2D eigenvalue weighted by Gasteiger charge is 2.10. The molecule has 1 aromatic rings. The molecule has 104 valence electrons. The molecule has 0 radical (unpaired) electrons. The monoisotopic (exact) mass is 263 g/mol. The molecule has 0 atom stereocenters. The van der Waals surface area contributed by atoms with Crippen LogP contribution in [0.15, 0.2) is 36.4 Å². The summed E-state index contributed by atoms with van der Waals surface area (Å²) >= 11 is 0. The number of aliphatic hydroxyl groups excluding tert-OH is 1. The quantitative estimate of drug-likeness (QED) is 0.765. The topological polar surface area (TPSA) is 49.8 Å². The molecule has 19 heavy (non-hydrogen) atoms. The third-order valence-electron chi connectivity index (χ3n) is 2.57. The van der Waals surface area contributed by atoms with Crippen LogP contribution in [-0.4, -0.2) is 35.7 Å². The molecule has 0 unspecified atom stereocenters. The van der Waals surface area contributed by atoms with Crippen LogP contribution in [0.2, 0.25) is 0 Å². The highest BCUT2D eigenvalue weighted by Crippen LogP contribution is 2.15. The lowest BCUT2D eigenvalue weighted by Gasteiger charge is -2.20. The van der Waals surface area contributed by atoms with Gasteiger partial charge in [0.05, 0.1) is 13.2 Å². The van der Waals surface area contributed by atoms with E-state index in [-0.39, 0.29) is 12.5 Å². The van der Waals surface area contributed by atoms with E-state index in [9.17, 15) is 4.79 Å². The van der Waals surface area contributed by atoms with Gasteiger partial charge in [-0.3, -0.25) is 4.79 Å². The Morgan fingerprint density at radius 1 is 1.47 bits per heavy atom. The number of aliphatic hydroxyl groups is 1. The summed E-state index contributed by atoms with van der Waals surface area (Å²) in [6.45, 7) is 5.08. The summed E-state index contributed by atoms with van der Waals surface area (Å²) in [6.07, 6.45) is 3.20. The first-order chi connectivity index (χ1) is 9.21. The van der Waals surface area contributed by atoms with E-state index in [1.165, 1.54) is 6.08 Å². The summed E-state index contributed by atoms with van der Waals surface area (Å²) in [5, 5.41) is 9.03. The van der Waals surface area contributed by atoms with Crippen molar-refractivity contribution in [3.8, 4) is 5.75 Å². The van der Waals surface area contributed by atoms with Gasteiger partial charge in [-0.15, -0.1) is 0 Å². The molecule has 0 aromatic heterocycles. The summed E-state index contributed by atoms with van der Waals surface area (Å²) in [6, 6.07) is 7.64. The van der Waals surface area contributed by atoms with Crippen LogP contribution >= 0.6 is 0 Å². The number of allylic oxidation sites excluding steroid dienone is 1. The van der Waals surface area contributed by atoms with E-state index >= 15 is 0 Å². The Morgan fingerprint density at radius 3 is 2.89 bits per heavy atom. The first-order valence-electron chi connectivity index (χ1n) is 6.45. The first-order valence-corrected chi connectivity index (χ1v) is 6.45. The molecule has 1 aromatic carbocycles. The van der Waals surface area contributed by atoms with Crippen LogP contribution in [0, 0.1) is 0 Å². The Bertz CT molecular complexity index is 429. The van der Waals surface area contributed by atoms with Gasteiger partial charge in [-0.1, -0.05) is 18.2 Å². The SMILES string of the molecule is CC=CC(=O)N(CCO)Cc1cccc(OCC)c1. The van der Waals surface area contributed by atoms with Crippen molar-refractivity contribution in [2.24, 2.45) is 0 Å². The number of benzene rings is 1. The van der Waals surface area contributed by atoms with E-state index in [0.29, 0.717) is 19.7 Å². The van der Waals surface area contributed by atoms with Gasteiger partial charge in [0.15, 0.2) is 0 Å². The third-order valence-corrected chi connectivity index (χ3v) is 2.57. The minimum atomic E-state index is -0.0987. The maximum Gasteiger partial charge on any atom is 0.246 e. The maximum atomic E-state index is 11.8. The lowest BCUT2D eigenvalue weighted by atomic mass is 10.2. The van der Waals surface area contributed by atoms with Crippen LogP contribution in [0.1, 0.15) is 19.4 Å². The average molecular weight is 263 g/mol. The van der Waals surface area contributed by atoms with Gasteiger partial charge in [0, 0.05) is 13.1 Å². The summed E-state index contributed by atoms with van der Waals surface area (Å²) < 4.78 is 5.43. The lowest BCUT2D eigenvalue weighted by Crippen LogP contribution is -2.31. The number of nitrogens with zero attached hydrogens (tertiary/aromatic N) is 1. The van der Waals surface area contributed by atoms with Gasteiger partial charge in [0.25, 0.3) is 0 Å². The molecular formula is C15H21NO3. The molecule has 0 fully saturated rings. The van der Waals surface area contributed by atoms with Gasteiger partial charge in [0.1, 0.15) is 5.75 Å². The molecular weight excluding hydrogens is 242 g/mol. The largest absolute Gasteiger partial charge is 0.494 e. The Morgan fingerprint density at radius 2 is 2.26 bits per heavy atom. The smallest absolute Gasteiger partial charge is 0.246 e. The van der Waals surface area contributed by atoms with E-state index in [2.05, 4.69) is 0 Å². The normalized spacial score (nSPS) is 10.7. The van der Waals surface area contributed by atoms with Crippen molar-refractivity contribution in [1.29, 1.82) is 0 Å². The van der Waals surface area contributed by atoms with Gasteiger partial charge < -0.3 is 14.7 Å². The van der Waals surface area contributed by atoms with Gasteiger partial charge in [-0.05, 0) is 37.6 Å². The molecule has 0 bridgehead atoms. The van der Waals surface area contributed by atoms with E-state index < -0.39 is 0 Å². The Kier molecular flexibility index (Phi) is 6.68. The van der Waals surface area contributed by atoms with Gasteiger partial charge >= 0.3 is 0 Å². The van der Waals surface area contributed by atoms with Crippen molar-refractivity contribution in [2.45, 2.75) is 20.4 Å². The molecule has 0 saturated carbocycles. The zero-order valence-electron chi connectivity index (χ0n) is 11.5. The van der Waals surface area contributed by atoms with E-state index in [1.54, 1.807) is 17.9 Å². The molecule has 4 heteroatoms. The fraction of sp³-hybridized carbons (Fsp3) is 0.400. The Balaban J connectivity index is 2.77. The molecule has 0 spiro atoms. The number of hydrogen-bond donors (Lipinski definition) is 1. The average Bonchev–Trinajstić information content (AvgIpc) is 2.39. The Hall–Kier alpha value is -1.81. The number of amides is 1. The molecule has 4 nitrogen and oxygen atoms in total. The second kappa shape index (κ2) is 8.32. The zero-order valence-corrected chi connectivity index (χ0v) is 11.5. The minimum Gasteiger partial charge on any atom is -0.494 e. The molecule has 0 aliphatic carbocycles. The highest BCUT2D eigenvalue weighted by molar-refractivity contribution is 5.87. The van der Waals surface area contributed by atoms with Crippen LogP contribution in [-0.2, 0) is 11.3 Å².